The molecule has 4 heteroatoms. The Labute approximate surface area is 146 Å². The van der Waals surface area contributed by atoms with Crippen LogP contribution >= 0.6 is 0 Å². The molecule has 0 radical (unpaired) electrons. The fraction of sp³-hybridized carbons (Fsp3) is 0.700. The molecule has 130 valence electrons. The minimum Gasteiger partial charge on any atom is -0.357 e. The van der Waals surface area contributed by atoms with Crippen molar-refractivity contribution < 1.29 is 0 Å². The van der Waals surface area contributed by atoms with Crippen LogP contribution in [0.15, 0.2) is 18.2 Å². The number of likely N-dealkylation sites (tertiary alicyclic amines) is 1. The van der Waals surface area contributed by atoms with E-state index in [4.69, 9.17) is 5.26 Å². The van der Waals surface area contributed by atoms with Crippen molar-refractivity contribution in [1.29, 1.82) is 5.26 Å². The number of anilines is 1. The summed E-state index contributed by atoms with van der Waals surface area (Å²) in [6, 6.07) is 7.88. The molecule has 0 bridgehead atoms. The number of nitrogens with zero attached hydrogens (tertiary/aromatic N) is 4. The van der Waals surface area contributed by atoms with Crippen molar-refractivity contribution in [1.82, 2.24) is 9.88 Å². The summed E-state index contributed by atoms with van der Waals surface area (Å²) in [4.78, 5) is 9.45. The number of hydrogen-bond donors (Lipinski definition) is 0. The van der Waals surface area contributed by atoms with Gasteiger partial charge in [0.2, 0.25) is 0 Å². The lowest BCUT2D eigenvalue weighted by molar-refractivity contribution is 0.203. The molecule has 1 aromatic rings. The van der Waals surface area contributed by atoms with Gasteiger partial charge in [-0.05, 0) is 55.2 Å². The molecule has 0 saturated carbocycles. The van der Waals surface area contributed by atoms with Crippen molar-refractivity contribution in [3.8, 4) is 6.07 Å². The van der Waals surface area contributed by atoms with Crippen molar-refractivity contribution in [2.24, 2.45) is 17.3 Å². The van der Waals surface area contributed by atoms with Gasteiger partial charge in [0.15, 0.2) is 0 Å². The molecule has 1 unspecified atom stereocenters. The van der Waals surface area contributed by atoms with Gasteiger partial charge in [-0.25, -0.2) is 4.98 Å². The summed E-state index contributed by atoms with van der Waals surface area (Å²) in [6.45, 7) is 12.9. The number of pyridine rings is 1. The number of nitriles is 1. The van der Waals surface area contributed by atoms with Gasteiger partial charge in [0.05, 0.1) is 0 Å². The van der Waals surface area contributed by atoms with Gasteiger partial charge < -0.3 is 9.80 Å². The van der Waals surface area contributed by atoms with Crippen LogP contribution in [0, 0.1) is 28.6 Å². The zero-order valence-electron chi connectivity index (χ0n) is 15.3. The molecule has 0 aliphatic carbocycles. The Hall–Kier alpha value is -1.60. The number of aromatic nitrogens is 1. The van der Waals surface area contributed by atoms with E-state index < -0.39 is 0 Å². The Kier molecular flexibility index (Phi) is 5.10. The second kappa shape index (κ2) is 7.11. The average Bonchev–Trinajstić information content (AvgIpc) is 3.01. The van der Waals surface area contributed by atoms with E-state index in [1.165, 1.54) is 38.9 Å². The monoisotopic (exact) mass is 326 g/mol. The van der Waals surface area contributed by atoms with E-state index >= 15 is 0 Å². The zero-order chi connectivity index (χ0) is 17.2. The zero-order valence-corrected chi connectivity index (χ0v) is 15.3. The van der Waals surface area contributed by atoms with Crippen LogP contribution in [0.4, 0.5) is 5.82 Å². The van der Waals surface area contributed by atoms with Crippen LogP contribution in [0.5, 0.6) is 0 Å². The van der Waals surface area contributed by atoms with E-state index in [-0.39, 0.29) is 0 Å². The van der Waals surface area contributed by atoms with Crippen LogP contribution < -0.4 is 4.90 Å². The topological polar surface area (TPSA) is 43.2 Å². The predicted octanol–water partition coefficient (Wildman–Crippen LogP) is 3.54. The van der Waals surface area contributed by atoms with Crippen LogP contribution in [-0.2, 0) is 0 Å². The molecule has 2 saturated heterocycles. The van der Waals surface area contributed by atoms with E-state index in [1.807, 2.05) is 12.1 Å². The first-order chi connectivity index (χ1) is 11.4. The Morgan fingerprint density at radius 3 is 2.50 bits per heavy atom. The third-order valence-electron chi connectivity index (χ3n) is 5.39. The highest BCUT2D eigenvalue weighted by atomic mass is 15.2. The van der Waals surface area contributed by atoms with Crippen LogP contribution in [0.25, 0.3) is 0 Å². The summed E-state index contributed by atoms with van der Waals surface area (Å²) in [5.74, 6) is 2.69. The quantitative estimate of drug-likeness (QED) is 0.852. The predicted molar refractivity (Wildman–Crippen MR) is 97.9 cm³/mol. The molecule has 0 aromatic carbocycles. The molecule has 1 aromatic heterocycles. The van der Waals surface area contributed by atoms with Gasteiger partial charge in [-0.3, -0.25) is 0 Å². The normalized spacial score (nSPS) is 23.4. The fourth-order valence-electron chi connectivity index (χ4n) is 4.32. The molecule has 0 N–H and O–H groups in total. The second-order valence-electron chi connectivity index (χ2n) is 8.66. The first-order valence-electron chi connectivity index (χ1n) is 9.29. The van der Waals surface area contributed by atoms with E-state index in [9.17, 15) is 0 Å². The highest BCUT2D eigenvalue weighted by Crippen LogP contribution is 2.34. The molecular formula is C20H30N4. The second-order valence-corrected chi connectivity index (χ2v) is 8.66. The molecule has 2 aliphatic heterocycles. The third kappa shape index (κ3) is 4.27. The lowest BCUT2D eigenvalue weighted by Crippen LogP contribution is -2.38. The minimum absolute atomic E-state index is 0.398. The van der Waals surface area contributed by atoms with E-state index in [2.05, 4.69) is 41.6 Å². The van der Waals surface area contributed by atoms with Crippen molar-refractivity contribution >= 4 is 5.82 Å². The Balaban J connectivity index is 1.51. The maximum Gasteiger partial charge on any atom is 0.142 e. The minimum atomic E-state index is 0.398. The maximum absolute atomic E-state index is 9.02. The molecule has 3 heterocycles. The largest absolute Gasteiger partial charge is 0.357 e. The number of hydrogen-bond acceptors (Lipinski definition) is 4. The molecular weight excluding hydrogens is 296 g/mol. The van der Waals surface area contributed by atoms with Crippen LogP contribution in [0.1, 0.15) is 45.7 Å². The third-order valence-corrected chi connectivity index (χ3v) is 5.39. The number of piperidine rings is 1. The molecule has 2 fully saturated rings. The van der Waals surface area contributed by atoms with Crippen LogP contribution in [0.3, 0.4) is 0 Å². The molecule has 24 heavy (non-hydrogen) atoms. The Morgan fingerprint density at radius 2 is 1.83 bits per heavy atom. The molecule has 1 atom stereocenters. The van der Waals surface area contributed by atoms with Crippen molar-refractivity contribution in [2.45, 2.75) is 40.0 Å². The van der Waals surface area contributed by atoms with Gasteiger partial charge in [0.25, 0.3) is 0 Å². The highest BCUT2D eigenvalue weighted by molar-refractivity contribution is 5.41. The van der Waals surface area contributed by atoms with E-state index in [0.717, 1.165) is 30.7 Å². The molecule has 2 aliphatic rings. The summed E-state index contributed by atoms with van der Waals surface area (Å²) in [5.41, 5.74) is 0.915. The van der Waals surface area contributed by atoms with Gasteiger partial charge in [0.1, 0.15) is 17.6 Å². The number of rotatable bonds is 3. The van der Waals surface area contributed by atoms with Crippen molar-refractivity contribution in [2.75, 3.05) is 37.6 Å². The Bertz CT molecular complexity index is 590. The van der Waals surface area contributed by atoms with Gasteiger partial charge >= 0.3 is 0 Å². The smallest absolute Gasteiger partial charge is 0.142 e. The van der Waals surface area contributed by atoms with Crippen LogP contribution in [0.2, 0.25) is 0 Å². The van der Waals surface area contributed by atoms with Gasteiger partial charge in [-0.1, -0.05) is 26.8 Å². The summed E-state index contributed by atoms with van der Waals surface area (Å²) < 4.78 is 0. The first-order valence-corrected chi connectivity index (χ1v) is 9.29. The van der Waals surface area contributed by atoms with Gasteiger partial charge in [-0.15, -0.1) is 0 Å². The fourth-order valence-corrected chi connectivity index (χ4v) is 4.32. The standard InChI is InChI=1S/C20H30N4/c1-20(2,3)15-23-10-7-17(14-23)16-8-11-24(12-9-16)19-6-4-5-18(13-21)22-19/h4-6,16-17H,7-12,14-15H2,1-3H3. The van der Waals surface area contributed by atoms with Gasteiger partial charge in [0, 0.05) is 26.2 Å². The first kappa shape index (κ1) is 17.2. The highest BCUT2D eigenvalue weighted by Gasteiger charge is 2.33. The van der Waals surface area contributed by atoms with Crippen LogP contribution in [-0.4, -0.2) is 42.6 Å². The van der Waals surface area contributed by atoms with Crippen molar-refractivity contribution in [3.05, 3.63) is 23.9 Å². The van der Waals surface area contributed by atoms with E-state index in [0.29, 0.717) is 11.1 Å². The summed E-state index contributed by atoms with van der Waals surface area (Å²) >= 11 is 0. The van der Waals surface area contributed by atoms with Crippen molar-refractivity contribution in [3.63, 3.8) is 0 Å². The Morgan fingerprint density at radius 1 is 1.12 bits per heavy atom. The SMILES string of the molecule is CC(C)(C)CN1CCC(C2CCN(c3cccc(C#N)n3)CC2)C1. The average molecular weight is 326 g/mol. The maximum atomic E-state index is 9.02. The summed E-state index contributed by atoms with van der Waals surface area (Å²) in [5, 5.41) is 9.02. The summed E-state index contributed by atoms with van der Waals surface area (Å²) in [7, 11) is 0. The summed E-state index contributed by atoms with van der Waals surface area (Å²) in [6.07, 6.45) is 3.88. The van der Waals surface area contributed by atoms with Gasteiger partial charge in [-0.2, -0.15) is 5.26 Å². The lowest BCUT2D eigenvalue weighted by Gasteiger charge is -2.36. The molecule has 0 spiro atoms. The molecule has 3 rings (SSSR count). The molecule has 0 amide bonds. The van der Waals surface area contributed by atoms with E-state index in [1.54, 1.807) is 6.07 Å². The molecule has 4 nitrogen and oxygen atoms in total. The lowest BCUT2D eigenvalue weighted by atomic mass is 9.83.